The van der Waals surface area contributed by atoms with Gasteiger partial charge in [0, 0.05) is 28.3 Å². The highest BCUT2D eigenvalue weighted by molar-refractivity contribution is 7.80. The van der Waals surface area contributed by atoms with E-state index < -0.39 is 11.7 Å². The summed E-state index contributed by atoms with van der Waals surface area (Å²) in [6.07, 6.45) is -4.37. The van der Waals surface area contributed by atoms with E-state index in [-0.39, 0.29) is 29.2 Å². The second-order valence-corrected chi connectivity index (χ2v) is 6.36. The zero-order valence-electron chi connectivity index (χ0n) is 11.6. The second kappa shape index (κ2) is 7.07. The molecule has 0 atom stereocenters. The highest BCUT2D eigenvalue weighted by atomic mass is 35.5. The van der Waals surface area contributed by atoms with Gasteiger partial charge in [-0.25, -0.2) is 0 Å². The molecule has 0 unspecified atom stereocenters. The lowest BCUT2D eigenvalue weighted by molar-refractivity contribution is -0.138. The Bertz CT molecular complexity index is 745. The molecule has 0 heterocycles. The molecule has 0 bridgehead atoms. The molecule has 2 rings (SSSR count). The number of benzene rings is 2. The van der Waals surface area contributed by atoms with Crippen molar-refractivity contribution in [1.29, 1.82) is 0 Å². The smallest absolute Gasteiger partial charge is 0.416 e. The van der Waals surface area contributed by atoms with Crippen LogP contribution in [0.15, 0.2) is 36.4 Å². The number of alkyl halides is 3. The minimum Gasteiger partial charge on any atom is -0.506 e. The number of phenolic OH excluding ortho intramolecular Hbond substituents is 1. The molecule has 7 heteroatoms. The van der Waals surface area contributed by atoms with E-state index in [1.807, 2.05) is 0 Å². The summed E-state index contributed by atoms with van der Waals surface area (Å²) in [6.45, 7) is 0. The van der Waals surface area contributed by atoms with E-state index in [0.717, 1.165) is 6.07 Å². The van der Waals surface area contributed by atoms with Crippen molar-refractivity contribution in [1.82, 2.24) is 0 Å². The third-order valence-electron chi connectivity index (χ3n) is 3.21. The molecule has 0 aliphatic carbocycles. The average Bonchev–Trinajstić information content (AvgIpc) is 2.43. The fourth-order valence-electron chi connectivity index (χ4n) is 2.19. The first kappa shape index (κ1) is 18.0. The summed E-state index contributed by atoms with van der Waals surface area (Å²) in [5.74, 6) is -0.164. The van der Waals surface area contributed by atoms with Gasteiger partial charge in [-0.3, -0.25) is 0 Å². The maximum Gasteiger partial charge on any atom is 0.416 e. The van der Waals surface area contributed by atoms with Gasteiger partial charge in [0.05, 0.1) is 10.6 Å². The molecular formula is C16H11Cl2F3OS. The number of hydrogen-bond acceptors (Lipinski definition) is 2. The fraction of sp³-hybridized carbons (Fsp3) is 0.188. The lowest BCUT2D eigenvalue weighted by Crippen LogP contribution is -2.12. The molecule has 1 nitrogen and oxygen atoms in total. The SMILES string of the molecule is Oc1c(Cl)cc(Cl)cc1CC(=S)Cc1ccccc1C(F)(F)F. The van der Waals surface area contributed by atoms with E-state index >= 15 is 0 Å². The van der Waals surface area contributed by atoms with Gasteiger partial charge < -0.3 is 5.11 Å². The molecule has 0 fully saturated rings. The van der Waals surface area contributed by atoms with E-state index in [2.05, 4.69) is 0 Å². The van der Waals surface area contributed by atoms with Crippen LogP contribution in [-0.4, -0.2) is 9.97 Å². The fourth-order valence-corrected chi connectivity index (χ4v) is 3.04. The summed E-state index contributed by atoms with van der Waals surface area (Å²) >= 11 is 16.9. The van der Waals surface area contributed by atoms with Crippen LogP contribution in [0.1, 0.15) is 16.7 Å². The minimum absolute atomic E-state index is 0.0331. The quantitative estimate of drug-likeness (QED) is 0.671. The van der Waals surface area contributed by atoms with Crippen LogP contribution in [-0.2, 0) is 19.0 Å². The molecule has 122 valence electrons. The van der Waals surface area contributed by atoms with E-state index in [1.54, 1.807) is 0 Å². The summed E-state index contributed by atoms with van der Waals surface area (Å²) in [6, 6.07) is 8.14. The van der Waals surface area contributed by atoms with Crippen molar-refractivity contribution in [2.75, 3.05) is 0 Å². The zero-order chi connectivity index (χ0) is 17.2. The number of halogens is 5. The van der Waals surface area contributed by atoms with Gasteiger partial charge >= 0.3 is 6.18 Å². The number of phenols is 1. The zero-order valence-corrected chi connectivity index (χ0v) is 14.0. The number of hydrogen-bond donors (Lipinski definition) is 1. The van der Waals surface area contributed by atoms with Gasteiger partial charge in [0.1, 0.15) is 5.75 Å². The molecule has 0 saturated heterocycles. The van der Waals surface area contributed by atoms with Crippen LogP contribution < -0.4 is 0 Å². The van der Waals surface area contributed by atoms with Gasteiger partial charge in [-0.05, 0) is 23.8 Å². The Morgan fingerprint density at radius 1 is 1.04 bits per heavy atom. The Labute approximate surface area is 146 Å². The molecule has 0 saturated carbocycles. The Balaban J connectivity index is 2.22. The lowest BCUT2D eigenvalue weighted by Gasteiger charge is -2.13. The molecule has 2 aromatic carbocycles. The molecule has 0 amide bonds. The highest BCUT2D eigenvalue weighted by Gasteiger charge is 2.32. The second-order valence-electron chi connectivity index (χ2n) is 4.94. The van der Waals surface area contributed by atoms with Crippen molar-refractivity contribution in [2.24, 2.45) is 0 Å². The molecule has 23 heavy (non-hydrogen) atoms. The third kappa shape index (κ3) is 4.59. The minimum atomic E-state index is -4.44. The van der Waals surface area contributed by atoms with Gasteiger partial charge in [0.15, 0.2) is 0 Å². The van der Waals surface area contributed by atoms with Crippen molar-refractivity contribution in [3.05, 3.63) is 63.1 Å². The third-order valence-corrected chi connectivity index (χ3v) is 4.00. The summed E-state index contributed by atoms with van der Waals surface area (Å²) in [7, 11) is 0. The van der Waals surface area contributed by atoms with E-state index in [4.69, 9.17) is 35.4 Å². The summed E-state index contributed by atoms with van der Waals surface area (Å²) in [4.78, 5) is 0.343. The van der Waals surface area contributed by atoms with Crippen LogP contribution in [0.3, 0.4) is 0 Å². The maximum absolute atomic E-state index is 13.0. The molecule has 0 radical (unpaired) electrons. The normalized spacial score (nSPS) is 11.5. The Kier molecular flexibility index (Phi) is 5.55. The standard InChI is InChI=1S/C16H11Cl2F3OS/c17-11-5-10(15(22)14(18)8-11)7-12(23)6-9-3-1-2-4-13(9)16(19,20)21/h1-5,8,22H,6-7H2. The Hall–Kier alpha value is -1.30. The Morgan fingerprint density at radius 3 is 2.30 bits per heavy atom. The van der Waals surface area contributed by atoms with Crippen molar-refractivity contribution in [3.63, 3.8) is 0 Å². The van der Waals surface area contributed by atoms with E-state index in [1.165, 1.54) is 30.3 Å². The van der Waals surface area contributed by atoms with Crippen LogP contribution in [0.25, 0.3) is 0 Å². The molecule has 0 spiro atoms. The van der Waals surface area contributed by atoms with Crippen LogP contribution >= 0.6 is 35.4 Å². The largest absolute Gasteiger partial charge is 0.506 e. The number of rotatable bonds is 4. The van der Waals surface area contributed by atoms with Gasteiger partial charge in [-0.2, -0.15) is 13.2 Å². The van der Waals surface area contributed by atoms with Gasteiger partial charge in [0.2, 0.25) is 0 Å². The molecule has 0 aliphatic heterocycles. The summed E-state index contributed by atoms with van der Waals surface area (Å²) in [5, 5.41) is 10.3. The van der Waals surface area contributed by atoms with Crippen molar-refractivity contribution < 1.29 is 18.3 Å². The van der Waals surface area contributed by atoms with Crippen molar-refractivity contribution in [2.45, 2.75) is 19.0 Å². The first-order valence-corrected chi connectivity index (χ1v) is 7.68. The molecule has 0 aromatic heterocycles. The van der Waals surface area contributed by atoms with Gasteiger partial charge in [-0.1, -0.05) is 53.6 Å². The summed E-state index contributed by atoms with van der Waals surface area (Å²) < 4.78 is 38.9. The number of thiocarbonyl (C=S) groups is 1. The lowest BCUT2D eigenvalue weighted by atomic mass is 9.99. The molecule has 0 aliphatic rings. The Morgan fingerprint density at radius 2 is 1.65 bits per heavy atom. The maximum atomic E-state index is 13.0. The molecule has 2 aromatic rings. The van der Waals surface area contributed by atoms with Gasteiger partial charge in [0.25, 0.3) is 0 Å². The highest BCUT2D eigenvalue weighted by Crippen LogP contribution is 2.34. The predicted octanol–water partition coefficient (Wildman–Crippen LogP) is 5.87. The first-order chi connectivity index (χ1) is 10.7. The summed E-state index contributed by atoms with van der Waals surface area (Å²) in [5.41, 5.74) is -0.231. The van der Waals surface area contributed by atoms with Crippen LogP contribution in [0.5, 0.6) is 5.75 Å². The number of aromatic hydroxyl groups is 1. The van der Waals surface area contributed by atoms with Crippen LogP contribution in [0.2, 0.25) is 10.0 Å². The van der Waals surface area contributed by atoms with Crippen molar-refractivity contribution in [3.8, 4) is 5.75 Å². The van der Waals surface area contributed by atoms with Crippen LogP contribution in [0, 0.1) is 0 Å². The first-order valence-electron chi connectivity index (χ1n) is 6.52. The average molecular weight is 379 g/mol. The molecular weight excluding hydrogens is 368 g/mol. The topological polar surface area (TPSA) is 20.2 Å². The van der Waals surface area contributed by atoms with E-state index in [0.29, 0.717) is 15.5 Å². The predicted molar refractivity (Wildman–Crippen MR) is 89.6 cm³/mol. The van der Waals surface area contributed by atoms with Crippen LogP contribution in [0.4, 0.5) is 13.2 Å². The molecule has 1 N–H and O–H groups in total. The van der Waals surface area contributed by atoms with Crippen molar-refractivity contribution >= 4 is 40.3 Å². The van der Waals surface area contributed by atoms with E-state index in [9.17, 15) is 18.3 Å². The monoisotopic (exact) mass is 378 g/mol. The van der Waals surface area contributed by atoms with Gasteiger partial charge in [-0.15, -0.1) is 0 Å².